The first-order chi connectivity index (χ1) is 7.25. The van der Waals surface area contributed by atoms with Crippen LogP contribution in [0.5, 0.6) is 0 Å². The molecule has 0 saturated carbocycles. The molecule has 0 aliphatic carbocycles. The van der Waals surface area contributed by atoms with Gasteiger partial charge in [-0.05, 0) is 23.8 Å². The van der Waals surface area contributed by atoms with Gasteiger partial charge in [-0.2, -0.15) is 0 Å². The number of carbonyl (C=O) groups is 1. The predicted molar refractivity (Wildman–Crippen MR) is 56.8 cm³/mol. The zero-order valence-electron chi connectivity index (χ0n) is 9.22. The third-order valence-corrected chi connectivity index (χ3v) is 2.14. The van der Waals surface area contributed by atoms with Gasteiger partial charge in [-0.25, -0.2) is 0 Å². The molecule has 1 amide bonds. The van der Waals surface area contributed by atoms with E-state index in [4.69, 9.17) is 5.73 Å². The Morgan fingerprint density at radius 2 is 2.25 bits per heavy atom. The molecule has 1 rings (SSSR count). The third kappa shape index (κ3) is 2.10. The fourth-order valence-electron chi connectivity index (χ4n) is 1.05. The monoisotopic (exact) mass is 227 g/mol. The van der Waals surface area contributed by atoms with Gasteiger partial charge < -0.3 is 21.2 Å². The Morgan fingerprint density at radius 3 is 2.69 bits per heavy atom. The highest BCUT2D eigenvalue weighted by molar-refractivity contribution is 5.87. The van der Waals surface area contributed by atoms with E-state index >= 15 is 0 Å². The SMILES string of the molecule is Cn1cnc([N+](=O)[O-])c1NC(C)(C)C(N)=O. The van der Waals surface area contributed by atoms with Crippen LogP contribution in [0, 0.1) is 10.1 Å². The van der Waals surface area contributed by atoms with E-state index in [2.05, 4.69) is 10.3 Å². The quantitative estimate of drug-likeness (QED) is 0.555. The Hall–Kier alpha value is -2.12. The first kappa shape index (κ1) is 12.0. The van der Waals surface area contributed by atoms with Crippen molar-refractivity contribution in [1.29, 1.82) is 0 Å². The van der Waals surface area contributed by atoms with E-state index in [1.54, 1.807) is 7.05 Å². The van der Waals surface area contributed by atoms with E-state index < -0.39 is 16.4 Å². The van der Waals surface area contributed by atoms with E-state index in [1.807, 2.05) is 0 Å². The maximum Gasteiger partial charge on any atom is 0.406 e. The highest BCUT2D eigenvalue weighted by Gasteiger charge is 2.30. The third-order valence-electron chi connectivity index (χ3n) is 2.14. The van der Waals surface area contributed by atoms with E-state index in [0.717, 1.165) is 0 Å². The van der Waals surface area contributed by atoms with Crippen LogP contribution in [-0.4, -0.2) is 25.9 Å². The number of amides is 1. The number of nitrogens with zero attached hydrogens (tertiary/aromatic N) is 3. The summed E-state index contributed by atoms with van der Waals surface area (Å²) >= 11 is 0. The Bertz CT molecular complexity index is 437. The minimum Gasteiger partial charge on any atom is -0.368 e. The molecule has 16 heavy (non-hydrogen) atoms. The number of rotatable bonds is 4. The highest BCUT2D eigenvalue weighted by atomic mass is 16.6. The summed E-state index contributed by atoms with van der Waals surface area (Å²) in [6.45, 7) is 3.07. The first-order valence-electron chi connectivity index (χ1n) is 4.49. The van der Waals surface area contributed by atoms with E-state index in [0.29, 0.717) is 0 Å². The van der Waals surface area contributed by atoms with Gasteiger partial charge in [0.1, 0.15) is 5.54 Å². The summed E-state index contributed by atoms with van der Waals surface area (Å²) in [5.41, 5.74) is 4.08. The molecule has 0 aliphatic rings. The minimum atomic E-state index is -1.08. The van der Waals surface area contributed by atoms with Crippen molar-refractivity contribution in [3.05, 3.63) is 16.4 Å². The number of nitrogens with two attached hydrogens (primary N) is 1. The van der Waals surface area contributed by atoms with Crippen LogP contribution in [0.3, 0.4) is 0 Å². The molecule has 0 spiro atoms. The average molecular weight is 227 g/mol. The second-order valence-electron chi connectivity index (χ2n) is 3.90. The number of nitro groups is 1. The first-order valence-corrected chi connectivity index (χ1v) is 4.49. The van der Waals surface area contributed by atoms with Crippen molar-refractivity contribution in [1.82, 2.24) is 9.55 Å². The molecule has 0 radical (unpaired) electrons. The van der Waals surface area contributed by atoms with Crippen LogP contribution in [0.4, 0.5) is 11.6 Å². The van der Waals surface area contributed by atoms with Crippen LogP contribution < -0.4 is 11.1 Å². The molecular weight excluding hydrogens is 214 g/mol. The molecular formula is C8H13N5O3. The van der Waals surface area contributed by atoms with E-state index in [1.165, 1.54) is 24.7 Å². The van der Waals surface area contributed by atoms with Crippen LogP contribution in [0.1, 0.15) is 13.8 Å². The van der Waals surface area contributed by atoms with Crippen molar-refractivity contribution >= 4 is 17.5 Å². The Morgan fingerprint density at radius 1 is 1.69 bits per heavy atom. The topological polar surface area (TPSA) is 116 Å². The normalized spacial score (nSPS) is 11.2. The van der Waals surface area contributed by atoms with Gasteiger partial charge >= 0.3 is 5.82 Å². The molecule has 0 saturated heterocycles. The highest BCUT2D eigenvalue weighted by Crippen LogP contribution is 2.24. The fraction of sp³-hybridized carbons (Fsp3) is 0.500. The zero-order valence-corrected chi connectivity index (χ0v) is 9.22. The van der Waals surface area contributed by atoms with Crippen LogP contribution in [-0.2, 0) is 11.8 Å². The number of anilines is 1. The molecule has 1 aromatic heterocycles. The largest absolute Gasteiger partial charge is 0.406 e. The van der Waals surface area contributed by atoms with Gasteiger partial charge in [0.2, 0.25) is 18.1 Å². The lowest BCUT2D eigenvalue weighted by molar-refractivity contribution is -0.388. The second-order valence-corrected chi connectivity index (χ2v) is 3.90. The lowest BCUT2D eigenvalue weighted by Gasteiger charge is -2.22. The molecule has 0 bridgehead atoms. The molecule has 8 heteroatoms. The summed E-state index contributed by atoms with van der Waals surface area (Å²) in [5, 5.41) is 13.4. The molecule has 1 heterocycles. The molecule has 88 valence electrons. The molecule has 0 atom stereocenters. The van der Waals surface area contributed by atoms with Crippen LogP contribution in [0.25, 0.3) is 0 Å². The van der Waals surface area contributed by atoms with Crippen molar-refractivity contribution in [3.63, 3.8) is 0 Å². The Balaban J connectivity index is 3.10. The summed E-state index contributed by atoms with van der Waals surface area (Å²) in [4.78, 5) is 24.7. The molecule has 3 N–H and O–H groups in total. The summed E-state index contributed by atoms with van der Waals surface area (Å²) < 4.78 is 1.42. The van der Waals surface area contributed by atoms with Gasteiger partial charge in [0.25, 0.3) is 0 Å². The molecule has 0 fully saturated rings. The average Bonchev–Trinajstić information content (AvgIpc) is 2.47. The smallest absolute Gasteiger partial charge is 0.368 e. The second kappa shape index (κ2) is 3.80. The van der Waals surface area contributed by atoms with Gasteiger partial charge in [-0.15, -0.1) is 0 Å². The van der Waals surface area contributed by atoms with Gasteiger partial charge in [0, 0.05) is 7.05 Å². The molecule has 0 aromatic carbocycles. The maximum absolute atomic E-state index is 11.1. The minimum absolute atomic E-state index is 0.147. The van der Waals surface area contributed by atoms with Crippen molar-refractivity contribution < 1.29 is 9.72 Å². The van der Waals surface area contributed by atoms with E-state index in [-0.39, 0.29) is 11.6 Å². The summed E-state index contributed by atoms with van der Waals surface area (Å²) in [6, 6.07) is 0. The number of aryl methyl sites for hydroxylation is 1. The lowest BCUT2D eigenvalue weighted by atomic mass is 10.1. The van der Waals surface area contributed by atoms with Crippen molar-refractivity contribution in [2.45, 2.75) is 19.4 Å². The van der Waals surface area contributed by atoms with Crippen LogP contribution in [0.15, 0.2) is 6.33 Å². The number of aromatic nitrogens is 2. The number of imidazole rings is 1. The number of hydrogen-bond acceptors (Lipinski definition) is 5. The summed E-state index contributed by atoms with van der Waals surface area (Å²) in [6.07, 6.45) is 1.29. The molecule has 0 unspecified atom stereocenters. The van der Waals surface area contributed by atoms with Crippen molar-refractivity contribution in [2.75, 3.05) is 5.32 Å². The van der Waals surface area contributed by atoms with Gasteiger partial charge in [-0.1, -0.05) is 0 Å². The Kier molecular flexibility index (Phi) is 2.84. The van der Waals surface area contributed by atoms with Crippen LogP contribution in [0.2, 0.25) is 0 Å². The van der Waals surface area contributed by atoms with Gasteiger partial charge in [0.05, 0.1) is 0 Å². The van der Waals surface area contributed by atoms with Gasteiger partial charge in [0.15, 0.2) is 0 Å². The van der Waals surface area contributed by atoms with Gasteiger partial charge in [-0.3, -0.25) is 9.36 Å². The number of nitrogens with one attached hydrogen (secondary N) is 1. The van der Waals surface area contributed by atoms with E-state index in [9.17, 15) is 14.9 Å². The fourth-order valence-corrected chi connectivity index (χ4v) is 1.05. The predicted octanol–water partition coefficient (Wildman–Crippen LogP) is 0.00410. The summed E-state index contributed by atoms with van der Waals surface area (Å²) in [5.74, 6) is -0.798. The summed E-state index contributed by atoms with van der Waals surface area (Å²) in [7, 11) is 1.58. The molecule has 1 aromatic rings. The zero-order chi connectivity index (χ0) is 12.5. The number of hydrogen-bond donors (Lipinski definition) is 2. The number of carbonyl (C=O) groups excluding carboxylic acids is 1. The van der Waals surface area contributed by atoms with Crippen LogP contribution >= 0.6 is 0 Å². The Labute approximate surface area is 91.6 Å². The lowest BCUT2D eigenvalue weighted by Crippen LogP contribution is -2.45. The standard InChI is InChI=1S/C8H13N5O3/c1-8(2,7(9)14)11-6-5(13(15)16)10-4-12(6)3/h4,11H,1-3H3,(H2,9,14). The molecule has 0 aliphatic heterocycles. The van der Waals surface area contributed by atoms with Crippen molar-refractivity contribution in [2.24, 2.45) is 12.8 Å². The van der Waals surface area contributed by atoms with Crippen molar-refractivity contribution in [3.8, 4) is 0 Å². The number of primary amides is 1. The molecule has 8 nitrogen and oxygen atoms in total. The maximum atomic E-state index is 11.1.